The number of amides is 1. The minimum Gasteiger partial charge on any atom is -0.481 e. The molecule has 0 spiro atoms. The first-order valence-electron chi connectivity index (χ1n) is 7.13. The summed E-state index contributed by atoms with van der Waals surface area (Å²) < 4.78 is 4.04. The predicted octanol–water partition coefficient (Wildman–Crippen LogP) is 1.61. The van der Waals surface area contributed by atoms with Crippen LogP contribution >= 0.6 is 15.9 Å². The van der Waals surface area contributed by atoms with Crippen LogP contribution in [0.25, 0.3) is 0 Å². The highest BCUT2D eigenvalue weighted by Gasteiger charge is 2.19. The SMILES string of the molecule is CCn1cc(Br)c(CN(C)C(=O)c2ccnn2CCC(=O)O)n1. The van der Waals surface area contributed by atoms with E-state index in [1.54, 1.807) is 17.8 Å². The Balaban J connectivity index is 2.09. The van der Waals surface area contributed by atoms with Gasteiger partial charge < -0.3 is 10.0 Å². The highest BCUT2D eigenvalue weighted by molar-refractivity contribution is 9.10. The normalized spacial score (nSPS) is 10.7. The van der Waals surface area contributed by atoms with Gasteiger partial charge in [0.25, 0.3) is 5.91 Å². The third kappa shape index (κ3) is 4.19. The molecular weight excluding hydrogens is 366 g/mol. The Morgan fingerprint density at radius 2 is 2.17 bits per heavy atom. The van der Waals surface area contributed by atoms with Gasteiger partial charge >= 0.3 is 5.97 Å². The van der Waals surface area contributed by atoms with Gasteiger partial charge in [-0.3, -0.25) is 19.0 Å². The van der Waals surface area contributed by atoms with Gasteiger partial charge in [-0.2, -0.15) is 10.2 Å². The number of nitrogens with zero attached hydrogens (tertiary/aromatic N) is 5. The molecule has 9 heteroatoms. The molecule has 2 heterocycles. The molecule has 23 heavy (non-hydrogen) atoms. The zero-order chi connectivity index (χ0) is 17.0. The van der Waals surface area contributed by atoms with Crippen LogP contribution < -0.4 is 0 Å². The smallest absolute Gasteiger partial charge is 0.305 e. The van der Waals surface area contributed by atoms with Gasteiger partial charge in [-0.1, -0.05) is 0 Å². The van der Waals surface area contributed by atoms with Gasteiger partial charge in [0.2, 0.25) is 0 Å². The first-order valence-corrected chi connectivity index (χ1v) is 7.92. The van der Waals surface area contributed by atoms with E-state index in [0.717, 1.165) is 16.7 Å². The molecule has 124 valence electrons. The van der Waals surface area contributed by atoms with Crippen LogP contribution in [0.3, 0.4) is 0 Å². The van der Waals surface area contributed by atoms with Crippen molar-refractivity contribution in [3.63, 3.8) is 0 Å². The van der Waals surface area contributed by atoms with Crippen LogP contribution in [0.4, 0.5) is 0 Å². The third-order valence-electron chi connectivity index (χ3n) is 3.32. The molecule has 0 aromatic carbocycles. The van der Waals surface area contributed by atoms with Crippen LogP contribution in [0.1, 0.15) is 29.5 Å². The molecule has 0 aliphatic heterocycles. The van der Waals surface area contributed by atoms with Gasteiger partial charge in [-0.15, -0.1) is 0 Å². The summed E-state index contributed by atoms with van der Waals surface area (Å²) in [6.07, 6.45) is 3.27. The van der Waals surface area contributed by atoms with E-state index < -0.39 is 5.97 Å². The van der Waals surface area contributed by atoms with Crippen molar-refractivity contribution < 1.29 is 14.7 Å². The summed E-state index contributed by atoms with van der Waals surface area (Å²) in [5, 5.41) is 17.1. The number of carbonyl (C=O) groups is 2. The quantitative estimate of drug-likeness (QED) is 0.783. The zero-order valence-electron chi connectivity index (χ0n) is 12.9. The van der Waals surface area contributed by atoms with Crippen molar-refractivity contribution in [1.29, 1.82) is 0 Å². The molecular formula is C14H18BrN5O3. The summed E-state index contributed by atoms with van der Waals surface area (Å²) in [6, 6.07) is 1.58. The number of carboxylic acid groups (broad SMARTS) is 1. The van der Waals surface area contributed by atoms with E-state index in [9.17, 15) is 9.59 Å². The molecule has 0 aliphatic carbocycles. The highest BCUT2D eigenvalue weighted by Crippen LogP contribution is 2.17. The number of aliphatic carboxylic acids is 1. The summed E-state index contributed by atoms with van der Waals surface area (Å²) >= 11 is 3.44. The van der Waals surface area contributed by atoms with E-state index in [0.29, 0.717) is 12.2 Å². The zero-order valence-corrected chi connectivity index (χ0v) is 14.5. The predicted molar refractivity (Wildman–Crippen MR) is 85.9 cm³/mol. The van der Waals surface area contributed by atoms with E-state index >= 15 is 0 Å². The molecule has 0 atom stereocenters. The highest BCUT2D eigenvalue weighted by atomic mass is 79.9. The van der Waals surface area contributed by atoms with Crippen molar-refractivity contribution in [2.75, 3.05) is 7.05 Å². The maximum Gasteiger partial charge on any atom is 0.305 e. The number of carboxylic acids is 1. The summed E-state index contributed by atoms with van der Waals surface area (Å²) in [6.45, 7) is 3.24. The molecule has 2 aromatic heterocycles. The number of aryl methyl sites for hydroxylation is 2. The van der Waals surface area contributed by atoms with Crippen molar-refractivity contribution in [3.05, 3.63) is 34.3 Å². The van der Waals surface area contributed by atoms with Crippen molar-refractivity contribution >= 4 is 27.8 Å². The van der Waals surface area contributed by atoms with Crippen molar-refractivity contribution in [2.24, 2.45) is 0 Å². The molecule has 0 saturated heterocycles. The van der Waals surface area contributed by atoms with Crippen LogP contribution in [0.2, 0.25) is 0 Å². The van der Waals surface area contributed by atoms with Gasteiger partial charge in [0, 0.05) is 26.0 Å². The van der Waals surface area contributed by atoms with Crippen LogP contribution in [0.5, 0.6) is 0 Å². The number of carbonyl (C=O) groups excluding carboxylic acids is 1. The molecule has 2 rings (SSSR count). The Bertz CT molecular complexity index is 709. The Morgan fingerprint density at radius 3 is 2.78 bits per heavy atom. The van der Waals surface area contributed by atoms with Gasteiger partial charge in [0.15, 0.2) is 0 Å². The largest absolute Gasteiger partial charge is 0.481 e. The van der Waals surface area contributed by atoms with E-state index in [1.165, 1.54) is 15.8 Å². The first-order chi connectivity index (χ1) is 10.9. The maximum absolute atomic E-state index is 12.5. The Kier molecular flexibility index (Phi) is 5.54. The fourth-order valence-corrected chi connectivity index (χ4v) is 2.53. The Morgan fingerprint density at radius 1 is 1.43 bits per heavy atom. The molecule has 0 radical (unpaired) electrons. The third-order valence-corrected chi connectivity index (χ3v) is 3.98. The van der Waals surface area contributed by atoms with Gasteiger partial charge in [-0.05, 0) is 28.9 Å². The molecule has 1 amide bonds. The van der Waals surface area contributed by atoms with Crippen molar-refractivity contribution in [2.45, 2.75) is 33.0 Å². The van der Waals surface area contributed by atoms with E-state index in [2.05, 4.69) is 26.1 Å². The standard InChI is InChI=1S/C14H18BrN5O3/c1-3-19-8-10(15)11(17-19)9-18(2)14(23)12-4-6-16-20(12)7-5-13(21)22/h4,6,8H,3,5,7,9H2,1-2H3,(H,21,22). The van der Waals surface area contributed by atoms with Crippen molar-refractivity contribution in [3.8, 4) is 0 Å². The topological polar surface area (TPSA) is 93.2 Å². The van der Waals surface area contributed by atoms with Gasteiger partial charge in [0.1, 0.15) is 5.69 Å². The van der Waals surface area contributed by atoms with E-state index in [1.807, 2.05) is 13.1 Å². The first kappa shape index (κ1) is 17.2. The maximum atomic E-state index is 12.5. The molecule has 1 N–H and O–H groups in total. The second kappa shape index (κ2) is 7.40. The fourth-order valence-electron chi connectivity index (χ4n) is 2.09. The molecule has 0 bridgehead atoms. The van der Waals surface area contributed by atoms with Crippen LogP contribution in [0, 0.1) is 0 Å². The van der Waals surface area contributed by atoms with Crippen LogP contribution in [-0.2, 0) is 24.4 Å². The lowest BCUT2D eigenvalue weighted by Gasteiger charge is -2.16. The fraction of sp³-hybridized carbons (Fsp3) is 0.429. The number of hydrogen-bond acceptors (Lipinski definition) is 4. The van der Waals surface area contributed by atoms with E-state index in [-0.39, 0.29) is 18.9 Å². The van der Waals surface area contributed by atoms with Crippen LogP contribution in [0.15, 0.2) is 22.9 Å². The molecule has 2 aromatic rings. The molecule has 0 unspecified atom stereocenters. The summed E-state index contributed by atoms with van der Waals surface area (Å²) in [4.78, 5) is 24.7. The minimum absolute atomic E-state index is 0.0852. The monoisotopic (exact) mass is 383 g/mol. The number of halogens is 1. The molecule has 0 saturated carbocycles. The summed E-state index contributed by atoms with van der Waals surface area (Å²) in [7, 11) is 1.67. The number of hydrogen-bond donors (Lipinski definition) is 1. The second-order valence-electron chi connectivity index (χ2n) is 5.02. The summed E-state index contributed by atoms with van der Waals surface area (Å²) in [5.41, 5.74) is 1.12. The molecule has 0 fully saturated rings. The summed E-state index contributed by atoms with van der Waals surface area (Å²) in [5.74, 6) is -1.16. The molecule has 0 aliphatic rings. The number of rotatable bonds is 7. The second-order valence-corrected chi connectivity index (χ2v) is 5.88. The van der Waals surface area contributed by atoms with E-state index in [4.69, 9.17) is 5.11 Å². The number of aromatic nitrogens is 4. The van der Waals surface area contributed by atoms with Gasteiger partial charge in [0.05, 0.1) is 29.7 Å². The lowest BCUT2D eigenvalue weighted by molar-refractivity contribution is -0.137. The molecule has 8 nitrogen and oxygen atoms in total. The Labute approximate surface area is 141 Å². The Hall–Kier alpha value is -2.16. The van der Waals surface area contributed by atoms with Crippen molar-refractivity contribution in [1.82, 2.24) is 24.5 Å². The lowest BCUT2D eigenvalue weighted by atomic mass is 10.3. The average Bonchev–Trinajstić information content (AvgIpc) is 3.11. The van der Waals surface area contributed by atoms with Gasteiger partial charge in [-0.25, -0.2) is 0 Å². The minimum atomic E-state index is -0.929. The lowest BCUT2D eigenvalue weighted by Crippen LogP contribution is -2.29. The van der Waals surface area contributed by atoms with Crippen LogP contribution in [-0.4, -0.2) is 48.5 Å². The average molecular weight is 384 g/mol.